The van der Waals surface area contributed by atoms with Crippen molar-refractivity contribution >= 4 is 21.5 Å². The molecule has 0 aliphatic heterocycles. The van der Waals surface area contributed by atoms with Crippen molar-refractivity contribution in [3.63, 3.8) is 0 Å². The zero-order chi connectivity index (χ0) is 27.1. The number of rotatable bonds is 4. The van der Waals surface area contributed by atoms with Crippen LogP contribution in [0.15, 0.2) is 134 Å². The van der Waals surface area contributed by atoms with E-state index in [2.05, 4.69) is 133 Å². The largest absolute Gasteiger partial charge is 0.256 e. The number of pyridine rings is 2. The quantitative estimate of drug-likeness (QED) is 0.219. The molecule has 5 aromatic carbocycles. The third-order valence-electron chi connectivity index (χ3n) is 8.02. The van der Waals surface area contributed by atoms with Gasteiger partial charge in [-0.15, -0.1) is 0 Å². The van der Waals surface area contributed by atoms with Gasteiger partial charge in [0.05, 0.1) is 11.4 Å². The zero-order valence-corrected chi connectivity index (χ0v) is 22.6. The molecule has 2 nitrogen and oxygen atoms in total. The number of aromatic nitrogens is 2. The Hall–Kier alpha value is -5.08. The van der Waals surface area contributed by atoms with Gasteiger partial charge >= 0.3 is 0 Å². The van der Waals surface area contributed by atoms with Crippen LogP contribution in [0.5, 0.6) is 0 Å². The van der Waals surface area contributed by atoms with Crippen molar-refractivity contribution in [2.75, 3.05) is 0 Å². The van der Waals surface area contributed by atoms with E-state index in [1.807, 2.05) is 24.5 Å². The summed E-state index contributed by atoms with van der Waals surface area (Å²) in [5.41, 5.74) is 11.8. The number of fused-ring (bicyclic) bond motifs is 2. The fraction of sp³-hybridized carbons (Fsp3) is 0.0526. The Morgan fingerprint density at radius 1 is 0.350 bits per heavy atom. The lowest BCUT2D eigenvalue weighted by Crippen LogP contribution is -1.96. The molecule has 0 atom stereocenters. The average Bonchev–Trinajstić information content (AvgIpc) is 3.01. The fourth-order valence-corrected chi connectivity index (χ4v) is 6.12. The Morgan fingerprint density at radius 2 is 0.700 bits per heavy atom. The van der Waals surface area contributed by atoms with E-state index in [0.717, 1.165) is 22.5 Å². The van der Waals surface area contributed by atoms with Crippen LogP contribution >= 0.6 is 0 Å². The van der Waals surface area contributed by atoms with Gasteiger partial charge < -0.3 is 0 Å². The van der Waals surface area contributed by atoms with Gasteiger partial charge in [0.15, 0.2) is 0 Å². The van der Waals surface area contributed by atoms with E-state index in [1.54, 1.807) is 0 Å². The lowest BCUT2D eigenvalue weighted by atomic mass is 9.82. The van der Waals surface area contributed by atoms with Gasteiger partial charge in [0.2, 0.25) is 0 Å². The summed E-state index contributed by atoms with van der Waals surface area (Å²) in [5.74, 6) is 0. The van der Waals surface area contributed by atoms with Crippen molar-refractivity contribution in [3.05, 3.63) is 145 Å². The van der Waals surface area contributed by atoms with Crippen molar-refractivity contribution in [2.45, 2.75) is 13.8 Å². The second-order valence-corrected chi connectivity index (χ2v) is 10.2. The van der Waals surface area contributed by atoms with Crippen LogP contribution in [0, 0.1) is 13.8 Å². The maximum Gasteiger partial charge on any atom is 0.0704 e. The molecule has 40 heavy (non-hydrogen) atoms. The number of hydrogen-bond donors (Lipinski definition) is 0. The maximum absolute atomic E-state index is 4.66. The number of hydrogen-bond acceptors (Lipinski definition) is 2. The Balaban J connectivity index is 1.56. The van der Waals surface area contributed by atoms with Crippen LogP contribution in [-0.4, -0.2) is 9.97 Å². The van der Waals surface area contributed by atoms with Crippen molar-refractivity contribution in [1.82, 2.24) is 9.97 Å². The van der Waals surface area contributed by atoms with Gasteiger partial charge in [-0.25, -0.2) is 0 Å². The van der Waals surface area contributed by atoms with Gasteiger partial charge in [-0.05, 0) is 93.0 Å². The molecular formula is C38H28N2. The van der Waals surface area contributed by atoms with Crippen molar-refractivity contribution < 1.29 is 0 Å². The third-order valence-corrected chi connectivity index (χ3v) is 8.02. The third kappa shape index (κ3) is 3.88. The van der Waals surface area contributed by atoms with Crippen LogP contribution in [0.3, 0.4) is 0 Å². The van der Waals surface area contributed by atoms with Crippen LogP contribution in [0.2, 0.25) is 0 Å². The molecule has 0 N–H and O–H groups in total. The molecular weight excluding hydrogens is 484 g/mol. The highest BCUT2D eigenvalue weighted by atomic mass is 14.7. The normalized spacial score (nSPS) is 11.2. The molecule has 0 radical (unpaired) electrons. The minimum atomic E-state index is 0.994. The Morgan fingerprint density at radius 3 is 1.05 bits per heavy atom. The first-order valence-electron chi connectivity index (χ1n) is 13.7. The first-order valence-corrected chi connectivity index (χ1v) is 13.7. The van der Waals surface area contributed by atoms with Gasteiger partial charge in [-0.3, -0.25) is 9.97 Å². The van der Waals surface area contributed by atoms with Crippen molar-refractivity contribution in [3.8, 4) is 44.8 Å². The highest BCUT2D eigenvalue weighted by Crippen LogP contribution is 2.46. The molecule has 0 saturated carbocycles. The van der Waals surface area contributed by atoms with Crippen molar-refractivity contribution in [2.24, 2.45) is 0 Å². The minimum Gasteiger partial charge on any atom is -0.256 e. The van der Waals surface area contributed by atoms with Gasteiger partial charge in [-0.2, -0.15) is 0 Å². The molecule has 190 valence electrons. The molecule has 2 heteroatoms. The molecule has 0 saturated heterocycles. The SMILES string of the molecule is Cc1c(-c2ccccn2)cccc1-c1c2ccccc2c(-c2cccc(-c3ccccn3)c2C)c2ccccc12. The first-order chi connectivity index (χ1) is 19.7. The van der Waals surface area contributed by atoms with Gasteiger partial charge in [0.1, 0.15) is 0 Å². The number of benzene rings is 5. The van der Waals surface area contributed by atoms with Crippen LogP contribution in [-0.2, 0) is 0 Å². The molecule has 0 spiro atoms. The lowest BCUT2D eigenvalue weighted by Gasteiger charge is -2.21. The van der Waals surface area contributed by atoms with E-state index < -0.39 is 0 Å². The topological polar surface area (TPSA) is 25.8 Å². The summed E-state index contributed by atoms with van der Waals surface area (Å²) in [5, 5.41) is 5.00. The second kappa shape index (κ2) is 9.91. The Bertz CT molecular complexity index is 1800. The summed E-state index contributed by atoms with van der Waals surface area (Å²) >= 11 is 0. The number of nitrogens with zero attached hydrogens (tertiary/aromatic N) is 2. The Labute approximate surface area is 234 Å². The van der Waals surface area contributed by atoms with E-state index in [1.165, 1.54) is 54.9 Å². The van der Waals surface area contributed by atoms with Gasteiger partial charge in [-0.1, -0.05) is 97.1 Å². The van der Waals surface area contributed by atoms with Crippen LogP contribution in [0.1, 0.15) is 11.1 Å². The van der Waals surface area contributed by atoms with Crippen molar-refractivity contribution in [1.29, 1.82) is 0 Å². The molecule has 7 rings (SSSR count). The molecule has 0 amide bonds. The molecule has 7 aromatic rings. The smallest absolute Gasteiger partial charge is 0.0704 e. The molecule has 2 heterocycles. The van der Waals surface area contributed by atoms with E-state index in [0.29, 0.717) is 0 Å². The highest BCUT2D eigenvalue weighted by molar-refractivity contribution is 6.22. The summed E-state index contributed by atoms with van der Waals surface area (Å²) in [6.45, 7) is 4.44. The summed E-state index contributed by atoms with van der Waals surface area (Å²) in [7, 11) is 0. The first kappa shape index (κ1) is 24.0. The van der Waals surface area contributed by atoms with Crippen LogP contribution in [0.4, 0.5) is 0 Å². The van der Waals surface area contributed by atoms with Gasteiger partial charge in [0, 0.05) is 23.5 Å². The molecule has 0 unspecified atom stereocenters. The zero-order valence-electron chi connectivity index (χ0n) is 22.6. The summed E-state index contributed by atoms with van der Waals surface area (Å²) in [6.07, 6.45) is 3.73. The van der Waals surface area contributed by atoms with E-state index in [9.17, 15) is 0 Å². The minimum absolute atomic E-state index is 0.994. The van der Waals surface area contributed by atoms with Crippen LogP contribution < -0.4 is 0 Å². The fourth-order valence-electron chi connectivity index (χ4n) is 6.12. The lowest BCUT2D eigenvalue weighted by molar-refractivity contribution is 1.31. The van der Waals surface area contributed by atoms with Crippen LogP contribution in [0.25, 0.3) is 66.3 Å². The average molecular weight is 513 g/mol. The Kier molecular flexibility index (Phi) is 5.94. The van der Waals surface area contributed by atoms with E-state index >= 15 is 0 Å². The highest BCUT2D eigenvalue weighted by Gasteiger charge is 2.20. The summed E-state index contributed by atoms with van der Waals surface area (Å²) in [4.78, 5) is 9.32. The summed E-state index contributed by atoms with van der Waals surface area (Å²) < 4.78 is 0. The second-order valence-electron chi connectivity index (χ2n) is 10.2. The summed E-state index contributed by atoms with van der Waals surface area (Å²) in [6, 6.07) is 43.1. The van der Waals surface area contributed by atoms with E-state index in [-0.39, 0.29) is 0 Å². The molecule has 0 bridgehead atoms. The van der Waals surface area contributed by atoms with Gasteiger partial charge in [0.25, 0.3) is 0 Å². The predicted molar refractivity (Wildman–Crippen MR) is 168 cm³/mol. The maximum atomic E-state index is 4.66. The van der Waals surface area contributed by atoms with E-state index in [4.69, 9.17) is 0 Å². The monoisotopic (exact) mass is 512 g/mol. The predicted octanol–water partition coefficient (Wildman–Crippen LogP) is 10.1. The standard InChI is InChI=1S/C38H28N2/c1-25-27(35-21-7-9-23-39-35)17-11-19-29(25)37-31-13-3-5-15-33(31)38(34-16-6-4-14-32(34)37)30-20-12-18-28(26(30)2)36-22-8-10-24-40-36/h3-24H,1-2H3. The molecule has 0 fully saturated rings. The molecule has 0 aliphatic carbocycles. The molecule has 2 aromatic heterocycles. The molecule has 0 aliphatic rings.